The molecule has 1 aromatic heterocycles. The maximum absolute atomic E-state index is 12.7. The number of halogens is 3. The van der Waals surface area contributed by atoms with Gasteiger partial charge in [0.1, 0.15) is 0 Å². The Morgan fingerprint density at radius 1 is 1.35 bits per heavy atom. The van der Waals surface area contributed by atoms with E-state index in [0.717, 1.165) is 11.3 Å². The average molecular weight is 266 g/mol. The normalized spacial score (nSPS) is 17.5. The molecular weight excluding hydrogens is 253 g/mol. The number of anilines is 1. The fraction of sp³-hybridized carbons (Fsp3) is 0.700. The molecule has 17 heavy (non-hydrogen) atoms. The highest BCUT2D eigenvalue weighted by atomic mass is 32.1. The van der Waals surface area contributed by atoms with Gasteiger partial charge in [-0.15, -0.1) is 11.3 Å². The molecule has 0 radical (unpaired) electrons. The molecule has 0 saturated carbocycles. The first-order chi connectivity index (χ1) is 8.02. The topological polar surface area (TPSA) is 25.4 Å². The lowest BCUT2D eigenvalue weighted by Crippen LogP contribution is -2.36. The number of nitrogens with zero attached hydrogens (tertiary/aromatic N) is 2. The average Bonchev–Trinajstić information content (AvgIpc) is 2.74. The molecule has 2 heterocycles. The van der Waals surface area contributed by atoms with Crippen LogP contribution in [0.5, 0.6) is 0 Å². The number of alkyl halides is 3. The quantitative estimate of drug-likeness (QED) is 0.822. The molecule has 96 valence electrons. The number of thiazole rings is 1. The summed E-state index contributed by atoms with van der Waals surface area (Å²) in [6, 6.07) is 0. The molecule has 0 unspecified atom stereocenters. The van der Waals surface area contributed by atoms with Crippen LogP contribution in [0.4, 0.5) is 18.3 Å². The maximum atomic E-state index is 12.7. The number of hydrogen-bond acceptors (Lipinski definition) is 4. The molecular formula is C10H13F3N2OS. The van der Waals surface area contributed by atoms with E-state index >= 15 is 0 Å². The number of aryl methyl sites for hydroxylation is 1. The molecule has 7 heteroatoms. The standard InChI is InChI=1S/C10H13F3N2OS/c1-2-7-8(10(11,12)13)14-9(17-7)15-3-5-16-6-4-15/h2-6H2,1H3. The molecule has 1 aliphatic heterocycles. The van der Waals surface area contributed by atoms with Gasteiger partial charge < -0.3 is 9.64 Å². The second kappa shape index (κ2) is 4.81. The molecule has 1 aliphatic rings. The molecule has 1 aromatic rings. The Balaban J connectivity index is 2.27. The number of morpholine rings is 1. The minimum atomic E-state index is -4.35. The van der Waals surface area contributed by atoms with Crippen LogP contribution in [0.2, 0.25) is 0 Å². The smallest absolute Gasteiger partial charge is 0.378 e. The van der Waals surface area contributed by atoms with Crippen molar-refractivity contribution in [1.82, 2.24) is 4.98 Å². The molecule has 0 aliphatic carbocycles. The highest BCUT2D eigenvalue weighted by Gasteiger charge is 2.37. The van der Waals surface area contributed by atoms with Crippen LogP contribution in [-0.2, 0) is 17.3 Å². The van der Waals surface area contributed by atoms with Crippen molar-refractivity contribution >= 4 is 16.5 Å². The van der Waals surface area contributed by atoms with Crippen LogP contribution < -0.4 is 4.90 Å². The van der Waals surface area contributed by atoms with Crippen molar-refractivity contribution in [3.8, 4) is 0 Å². The van der Waals surface area contributed by atoms with Crippen molar-refractivity contribution in [3.63, 3.8) is 0 Å². The molecule has 0 amide bonds. The summed E-state index contributed by atoms with van der Waals surface area (Å²) in [5.74, 6) is 0. The largest absolute Gasteiger partial charge is 0.434 e. The minimum absolute atomic E-state index is 0.305. The van der Waals surface area contributed by atoms with Gasteiger partial charge in [0.15, 0.2) is 10.8 Å². The Bertz CT molecular complexity index is 385. The number of aromatic nitrogens is 1. The maximum Gasteiger partial charge on any atom is 0.434 e. The van der Waals surface area contributed by atoms with Gasteiger partial charge in [-0.1, -0.05) is 6.92 Å². The van der Waals surface area contributed by atoms with Crippen molar-refractivity contribution < 1.29 is 17.9 Å². The Morgan fingerprint density at radius 3 is 2.47 bits per heavy atom. The summed E-state index contributed by atoms with van der Waals surface area (Å²) in [4.78, 5) is 5.89. The predicted molar refractivity (Wildman–Crippen MR) is 59.5 cm³/mol. The number of rotatable bonds is 2. The summed E-state index contributed by atoms with van der Waals surface area (Å²) >= 11 is 1.13. The van der Waals surface area contributed by atoms with Gasteiger partial charge in [-0.3, -0.25) is 0 Å². The third-order valence-electron chi connectivity index (χ3n) is 2.56. The van der Waals surface area contributed by atoms with Gasteiger partial charge in [-0.05, 0) is 6.42 Å². The lowest BCUT2D eigenvalue weighted by atomic mass is 10.3. The Labute approximate surface area is 101 Å². The van der Waals surface area contributed by atoms with E-state index in [9.17, 15) is 13.2 Å². The van der Waals surface area contributed by atoms with Crippen LogP contribution in [-0.4, -0.2) is 31.3 Å². The fourth-order valence-corrected chi connectivity index (χ4v) is 2.76. The third kappa shape index (κ3) is 2.71. The first kappa shape index (κ1) is 12.6. The molecule has 3 nitrogen and oxygen atoms in total. The van der Waals surface area contributed by atoms with Gasteiger partial charge in [-0.2, -0.15) is 13.2 Å². The van der Waals surface area contributed by atoms with Crippen molar-refractivity contribution in [3.05, 3.63) is 10.6 Å². The second-order valence-corrected chi connectivity index (χ2v) is 4.78. The minimum Gasteiger partial charge on any atom is -0.378 e. The van der Waals surface area contributed by atoms with Crippen molar-refractivity contribution in [2.24, 2.45) is 0 Å². The first-order valence-corrected chi connectivity index (χ1v) is 6.23. The zero-order valence-corrected chi connectivity index (χ0v) is 10.2. The van der Waals surface area contributed by atoms with E-state index in [0.29, 0.717) is 42.7 Å². The SMILES string of the molecule is CCc1sc(N2CCOCC2)nc1C(F)(F)F. The summed E-state index contributed by atoms with van der Waals surface area (Å²) in [7, 11) is 0. The molecule has 0 atom stereocenters. The van der Waals surface area contributed by atoms with E-state index < -0.39 is 11.9 Å². The van der Waals surface area contributed by atoms with Crippen LogP contribution in [0.25, 0.3) is 0 Å². The Hall–Kier alpha value is -0.820. The first-order valence-electron chi connectivity index (χ1n) is 5.42. The molecule has 1 fully saturated rings. The van der Waals surface area contributed by atoms with Crippen LogP contribution in [0.3, 0.4) is 0 Å². The summed E-state index contributed by atoms with van der Waals surface area (Å²) in [5, 5.41) is 0.456. The van der Waals surface area contributed by atoms with Crippen LogP contribution in [0, 0.1) is 0 Å². The number of hydrogen-bond donors (Lipinski definition) is 0. The van der Waals surface area contributed by atoms with Gasteiger partial charge in [0.2, 0.25) is 0 Å². The Kier molecular flexibility index (Phi) is 3.58. The predicted octanol–water partition coefficient (Wildman–Crippen LogP) is 2.56. The zero-order chi connectivity index (χ0) is 12.5. The summed E-state index contributed by atoms with van der Waals surface area (Å²) in [6.07, 6.45) is -4.00. The summed E-state index contributed by atoms with van der Waals surface area (Å²) < 4.78 is 43.3. The van der Waals surface area contributed by atoms with Gasteiger partial charge in [0.05, 0.1) is 13.2 Å². The fourth-order valence-electron chi connectivity index (χ4n) is 1.69. The highest BCUT2D eigenvalue weighted by molar-refractivity contribution is 7.15. The summed E-state index contributed by atoms with van der Waals surface area (Å²) in [6.45, 7) is 4.01. The van der Waals surface area contributed by atoms with Crippen molar-refractivity contribution in [2.45, 2.75) is 19.5 Å². The Morgan fingerprint density at radius 2 is 2.00 bits per heavy atom. The van der Waals surface area contributed by atoms with Crippen LogP contribution in [0.15, 0.2) is 0 Å². The van der Waals surface area contributed by atoms with E-state index in [-0.39, 0.29) is 0 Å². The second-order valence-electron chi connectivity index (χ2n) is 3.72. The highest BCUT2D eigenvalue weighted by Crippen LogP contribution is 2.37. The lowest BCUT2D eigenvalue weighted by Gasteiger charge is -2.26. The van der Waals surface area contributed by atoms with Crippen LogP contribution >= 0.6 is 11.3 Å². The third-order valence-corrected chi connectivity index (χ3v) is 3.82. The van der Waals surface area contributed by atoms with E-state index in [1.807, 2.05) is 4.90 Å². The molecule has 0 bridgehead atoms. The monoisotopic (exact) mass is 266 g/mol. The van der Waals surface area contributed by atoms with Crippen molar-refractivity contribution in [1.29, 1.82) is 0 Å². The van der Waals surface area contributed by atoms with Crippen LogP contribution in [0.1, 0.15) is 17.5 Å². The van der Waals surface area contributed by atoms with E-state index in [2.05, 4.69) is 4.98 Å². The van der Waals surface area contributed by atoms with E-state index in [1.54, 1.807) is 6.92 Å². The molecule has 2 rings (SSSR count). The summed E-state index contributed by atoms with van der Waals surface area (Å²) in [5.41, 5.74) is -0.730. The van der Waals surface area contributed by atoms with E-state index in [1.165, 1.54) is 0 Å². The molecule has 1 saturated heterocycles. The zero-order valence-electron chi connectivity index (χ0n) is 9.38. The van der Waals surface area contributed by atoms with Crippen molar-refractivity contribution in [2.75, 3.05) is 31.2 Å². The van der Waals surface area contributed by atoms with Gasteiger partial charge in [0, 0.05) is 18.0 Å². The molecule has 0 N–H and O–H groups in total. The van der Waals surface area contributed by atoms with Gasteiger partial charge >= 0.3 is 6.18 Å². The van der Waals surface area contributed by atoms with E-state index in [4.69, 9.17) is 4.74 Å². The number of ether oxygens (including phenoxy) is 1. The van der Waals surface area contributed by atoms with Gasteiger partial charge in [-0.25, -0.2) is 4.98 Å². The molecule has 0 spiro atoms. The lowest BCUT2D eigenvalue weighted by molar-refractivity contribution is -0.141. The van der Waals surface area contributed by atoms with Gasteiger partial charge in [0.25, 0.3) is 0 Å². The molecule has 0 aromatic carbocycles.